The van der Waals surface area contributed by atoms with Crippen molar-refractivity contribution in [2.24, 2.45) is 0 Å². The number of hydrogen-bond acceptors (Lipinski definition) is 4. The van der Waals surface area contributed by atoms with Crippen molar-refractivity contribution in [1.29, 1.82) is 0 Å². The standard InChI is InChI=1S/C20H14F3N3O3/c1-9-16-18(27)19(28)17(12-5-4-11(29-2)8-14(12)22)24-20(16)26(25-9)10-3-6-13(21)15(23)7-10/h3-8,28H,1-2H3,(H,24,27). The minimum atomic E-state index is -1.09. The Labute approximate surface area is 161 Å². The number of methoxy groups -OCH3 is 1. The van der Waals surface area contributed by atoms with Gasteiger partial charge in [-0.1, -0.05) is 0 Å². The predicted molar refractivity (Wildman–Crippen MR) is 100.0 cm³/mol. The van der Waals surface area contributed by atoms with E-state index in [1.54, 1.807) is 0 Å². The molecule has 0 aliphatic carbocycles. The first-order valence-corrected chi connectivity index (χ1v) is 8.45. The molecule has 0 saturated heterocycles. The smallest absolute Gasteiger partial charge is 0.235 e. The summed E-state index contributed by atoms with van der Waals surface area (Å²) in [5.74, 6) is -3.28. The number of halogens is 3. The highest BCUT2D eigenvalue weighted by Gasteiger charge is 2.21. The maximum Gasteiger partial charge on any atom is 0.235 e. The maximum atomic E-state index is 14.5. The van der Waals surface area contributed by atoms with Crippen LogP contribution in [0.2, 0.25) is 0 Å². The molecule has 0 amide bonds. The SMILES string of the molecule is COc1ccc(-c2[nH]c3c(c(C)nn3-c3ccc(F)c(F)c3)c(=O)c2O)c(F)c1. The van der Waals surface area contributed by atoms with E-state index in [4.69, 9.17) is 4.74 Å². The molecule has 2 N–H and O–H groups in total. The topological polar surface area (TPSA) is 80.1 Å². The van der Waals surface area contributed by atoms with Gasteiger partial charge in [0.05, 0.1) is 29.6 Å². The number of ether oxygens (including phenoxy) is 1. The summed E-state index contributed by atoms with van der Waals surface area (Å²) in [4.78, 5) is 15.5. The summed E-state index contributed by atoms with van der Waals surface area (Å²) in [5, 5.41) is 14.6. The molecular formula is C20H14F3N3O3. The summed E-state index contributed by atoms with van der Waals surface area (Å²) < 4.78 is 47.7. The number of H-pyrrole nitrogens is 1. The van der Waals surface area contributed by atoms with Crippen molar-refractivity contribution in [2.45, 2.75) is 6.92 Å². The van der Waals surface area contributed by atoms with Gasteiger partial charge in [-0.3, -0.25) is 4.79 Å². The Morgan fingerprint density at radius 3 is 2.48 bits per heavy atom. The van der Waals surface area contributed by atoms with Crippen LogP contribution in [0.25, 0.3) is 28.0 Å². The van der Waals surface area contributed by atoms with E-state index in [9.17, 15) is 23.1 Å². The first-order chi connectivity index (χ1) is 13.8. The lowest BCUT2D eigenvalue weighted by Gasteiger charge is -2.10. The lowest BCUT2D eigenvalue weighted by Crippen LogP contribution is -2.07. The first-order valence-electron chi connectivity index (χ1n) is 8.45. The van der Waals surface area contributed by atoms with Gasteiger partial charge in [0.25, 0.3) is 0 Å². The Morgan fingerprint density at radius 2 is 1.83 bits per heavy atom. The number of nitrogens with one attached hydrogen (secondary N) is 1. The molecule has 6 nitrogen and oxygen atoms in total. The van der Waals surface area contributed by atoms with Crippen LogP contribution in [0.5, 0.6) is 11.5 Å². The van der Waals surface area contributed by atoms with Crippen molar-refractivity contribution >= 4 is 11.0 Å². The van der Waals surface area contributed by atoms with Gasteiger partial charge in [-0.2, -0.15) is 5.10 Å². The minimum absolute atomic E-state index is 0.0462. The number of benzene rings is 2. The van der Waals surface area contributed by atoms with Gasteiger partial charge in [0.1, 0.15) is 17.2 Å². The molecule has 0 radical (unpaired) electrons. The van der Waals surface area contributed by atoms with Crippen molar-refractivity contribution in [3.8, 4) is 28.4 Å². The number of fused-ring (bicyclic) bond motifs is 1. The first kappa shape index (κ1) is 18.6. The number of aromatic amines is 1. The summed E-state index contributed by atoms with van der Waals surface area (Å²) in [5.41, 5.74) is -0.520. The molecule has 4 aromatic rings. The maximum absolute atomic E-state index is 14.5. The molecule has 148 valence electrons. The highest BCUT2D eigenvalue weighted by molar-refractivity contribution is 5.85. The summed E-state index contributed by atoms with van der Waals surface area (Å²) in [6, 6.07) is 7.04. The largest absolute Gasteiger partial charge is 0.503 e. The number of rotatable bonds is 3. The highest BCUT2D eigenvalue weighted by Crippen LogP contribution is 2.32. The van der Waals surface area contributed by atoms with Gasteiger partial charge in [-0.25, -0.2) is 17.9 Å². The van der Waals surface area contributed by atoms with E-state index in [-0.39, 0.29) is 39.4 Å². The van der Waals surface area contributed by atoms with Gasteiger partial charge < -0.3 is 14.8 Å². The zero-order chi connectivity index (χ0) is 20.9. The van der Waals surface area contributed by atoms with Crippen LogP contribution in [0.1, 0.15) is 5.69 Å². The second kappa shape index (κ2) is 6.69. The van der Waals surface area contributed by atoms with Gasteiger partial charge in [0, 0.05) is 17.7 Å². The highest BCUT2D eigenvalue weighted by atomic mass is 19.2. The molecule has 29 heavy (non-hydrogen) atoms. The van der Waals surface area contributed by atoms with E-state index in [0.717, 1.165) is 18.2 Å². The van der Waals surface area contributed by atoms with E-state index in [0.29, 0.717) is 0 Å². The molecule has 9 heteroatoms. The Bertz CT molecular complexity index is 1330. The number of pyridine rings is 1. The summed E-state index contributed by atoms with van der Waals surface area (Å²) in [6.45, 7) is 1.53. The van der Waals surface area contributed by atoms with Crippen LogP contribution >= 0.6 is 0 Å². The molecule has 0 atom stereocenters. The number of hydrogen-bond donors (Lipinski definition) is 2. The van der Waals surface area contributed by atoms with E-state index < -0.39 is 28.6 Å². The molecule has 0 saturated carbocycles. The Kier molecular flexibility index (Phi) is 4.30. The molecule has 0 bridgehead atoms. The third kappa shape index (κ3) is 2.91. The molecule has 0 spiro atoms. The molecule has 2 aromatic heterocycles. The summed E-state index contributed by atoms with van der Waals surface area (Å²) in [7, 11) is 1.38. The summed E-state index contributed by atoms with van der Waals surface area (Å²) in [6.07, 6.45) is 0. The van der Waals surface area contributed by atoms with Crippen LogP contribution in [-0.2, 0) is 0 Å². The van der Waals surface area contributed by atoms with Crippen molar-refractivity contribution in [2.75, 3.05) is 7.11 Å². The third-order valence-electron chi connectivity index (χ3n) is 4.58. The number of aryl methyl sites for hydroxylation is 1. The molecule has 0 aliphatic rings. The molecule has 2 aromatic carbocycles. The van der Waals surface area contributed by atoms with E-state index >= 15 is 0 Å². The molecule has 0 fully saturated rings. The van der Waals surface area contributed by atoms with Crippen LogP contribution in [-0.4, -0.2) is 27.0 Å². The fourth-order valence-corrected chi connectivity index (χ4v) is 3.15. The summed E-state index contributed by atoms with van der Waals surface area (Å²) >= 11 is 0. The Hall–Kier alpha value is -3.75. The number of nitrogens with zero attached hydrogens (tertiary/aromatic N) is 2. The van der Waals surface area contributed by atoms with Crippen LogP contribution in [0.3, 0.4) is 0 Å². The number of aromatic nitrogens is 3. The predicted octanol–water partition coefficient (Wildman–Crippen LogP) is 3.82. The monoisotopic (exact) mass is 401 g/mol. The van der Waals surface area contributed by atoms with Crippen LogP contribution < -0.4 is 10.2 Å². The second-order valence-electron chi connectivity index (χ2n) is 6.34. The van der Waals surface area contributed by atoms with Crippen molar-refractivity contribution in [3.05, 3.63) is 69.8 Å². The fourth-order valence-electron chi connectivity index (χ4n) is 3.15. The van der Waals surface area contributed by atoms with Gasteiger partial charge >= 0.3 is 0 Å². The molecule has 0 unspecified atom stereocenters. The second-order valence-corrected chi connectivity index (χ2v) is 6.34. The molecule has 4 rings (SSSR count). The van der Waals surface area contributed by atoms with Crippen LogP contribution in [0.4, 0.5) is 13.2 Å². The quantitative estimate of drug-likeness (QED) is 0.547. The average Bonchev–Trinajstić information content (AvgIpc) is 3.03. The van der Waals surface area contributed by atoms with Gasteiger partial charge in [-0.05, 0) is 31.2 Å². The van der Waals surface area contributed by atoms with Gasteiger partial charge in [-0.15, -0.1) is 0 Å². The lowest BCUT2D eigenvalue weighted by molar-refractivity contribution is 0.411. The van der Waals surface area contributed by atoms with E-state index in [2.05, 4.69) is 10.1 Å². The molecule has 0 aliphatic heterocycles. The number of aromatic hydroxyl groups is 1. The van der Waals surface area contributed by atoms with Crippen LogP contribution in [0, 0.1) is 24.4 Å². The van der Waals surface area contributed by atoms with Gasteiger partial charge in [0.2, 0.25) is 5.43 Å². The van der Waals surface area contributed by atoms with Crippen molar-refractivity contribution in [3.63, 3.8) is 0 Å². The normalized spacial score (nSPS) is 11.2. The zero-order valence-corrected chi connectivity index (χ0v) is 15.3. The van der Waals surface area contributed by atoms with Crippen molar-refractivity contribution < 1.29 is 23.0 Å². The average molecular weight is 401 g/mol. The Morgan fingerprint density at radius 1 is 1.07 bits per heavy atom. The molecule has 2 heterocycles. The van der Waals surface area contributed by atoms with Gasteiger partial charge in [0.15, 0.2) is 17.4 Å². The zero-order valence-electron chi connectivity index (χ0n) is 15.3. The minimum Gasteiger partial charge on any atom is -0.503 e. The molecular weight excluding hydrogens is 387 g/mol. The van der Waals surface area contributed by atoms with E-state index in [1.165, 1.54) is 36.9 Å². The van der Waals surface area contributed by atoms with Crippen molar-refractivity contribution in [1.82, 2.24) is 14.8 Å². The third-order valence-corrected chi connectivity index (χ3v) is 4.58. The Balaban J connectivity index is 2.03. The lowest BCUT2D eigenvalue weighted by atomic mass is 10.1. The van der Waals surface area contributed by atoms with Crippen LogP contribution in [0.15, 0.2) is 41.2 Å². The fraction of sp³-hybridized carbons (Fsp3) is 0.100. The van der Waals surface area contributed by atoms with E-state index in [1.807, 2.05) is 0 Å².